The van der Waals surface area contributed by atoms with E-state index in [0.717, 1.165) is 39.6 Å². The number of nitrogens with one attached hydrogen (secondary N) is 1. The lowest BCUT2D eigenvalue weighted by Crippen LogP contribution is -2.39. The van der Waals surface area contributed by atoms with Crippen LogP contribution in [0.1, 0.15) is 22.9 Å². The number of H-pyrrole nitrogens is 1. The monoisotopic (exact) mass is 708 g/mol. The molecule has 50 heavy (non-hydrogen) atoms. The molecule has 266 valence electrons. The van der Waals surface area contributed by atoms with Crippen LogP contribution in [0.15, 0.2) is 112 Å². The average Bonchev–Trinajstić information content (AvgIpc) is 3.47. The third-order valence-electron chi connectivity index (χ3n) is 8.50. The van der Waals surface area contributed by atoms with E-state index in [9.17, 15) is 18.4 Å². The van der Waals surface area contributed by atoms with Crippen molar-refractivity contribution in [2.24, 2.45) is 0 Å². The van der Waals surface area contributed by atoms with E-state index in [2.05, 4.69) is 24.6 Å². The molecule has 1 fully saturated rings. The van der Waals surface area contributed by atoms with Crippen molar-refractivity contribution in [2.45, 2.75) is 49.7 Å². The Morgan fingerprint density at radius 3 is 1.96 bits per heavy atom. The van der Waals surface area contributed by atoms with Crippen molar-refractivity contribution in [1.29, 1.82) is 0 Å². The zero-order chi connectivity index (χ0) is 35.9. The predicted octanol–water partition coefficient (Wildman–Crippen LogP) is 6.31. The molecule has 0 radical (unpaired) electrons. The Bertz CT molecular complexity index is 1810. The maximum absolute atomic E-state index is 14.9. The number of hydrogen-bond donors (Lipinski definition) is 1. The first kappa shape index (κ1) is 36.9. The van der Waals surface area contributed by atoms with E-state index < -0.39 is 55.0 Å². The topological polar surface area (TPSA) is 110 Å². The Morgan fingerprint density at radius 1 is 0.860 bits per heavy atom. The number of methoxy groups -OCH3 is 2. The minimum absolute atomic E-state index is 0.266. The van der Waals surface area contributed by atoms with E-state index in [0.29, 0.717) is 18.1 Å². The third-order valence-corrected chi connectivity index (χ3v) is 10.2. The molecule has 0 amide bonds. The Labute approximate surface area is 290 Å². The van der Waals surface area contributed by atoms with Crippen LogP contribution in [0, 0.1) is 0 Å². The summed E-state index contributed by atoms with van der Waals surface area (Å²) >= 11 is 0. The first-order chi connectivity index (χ1) is 24.0. The van der Waals surface area contributed by atoms with E-state index >= 15 is 0 Å². The second kappa shape index (κ2) is 16.1. The van der Waals surface area contributed by atoms with Crippen LogP contribution in [-0.4, -0.2) is 64.1 Å². The Hall–Kier alpha value is -4.40. The maximum atomic E-state index is 14.9. The van der Waals surface area contributed by atoms with Crippen molar-refractivity contribution in [2.75, 3.05) is 34.2 Å². The van der Waals surface area contributed by atoms with Crippen molar-refractivity contribution in [1.82, 2.24) is 9.55 Å². The molecule has 10 nitrogen and oxygen atoms in total. The molecule has 1 saturated heterocycles. The molecule has 0 unspecified atom stereocenters. The number of benzene rings is 3. The second-order valence-corrected chi connectivity index (χ2v) is 18.6. The standard InChI is InChI=1S/C37H42F2N2O8Si/c1-44-28-15-11-26(12-16-28)37(25-9-7-6-8-10-25,27-13-17-29(45-2)18-14-27)48-23-30-33(47-24-46-21-22-50(3,4)5)32(34(38)39)35(49-30)41-20-19-31(42)40-36(41)43/h6-20,30,33,35H,21-24H2,1-5H3,(H,40,42,43)/t30-,33-,35-/m1/s1. The van der Waals surface area contributed by atoms with Crippen LogP contribution in [0.2, 0.25) is 25.7 Å². The summed E-state index contributed by atoms with van der Waals surface area (Å²) in [6, 6.07) is 26.2. The van der Waals surface area contributed by atoms with E-state index in [1.807, 2.05) is 78.9 Å². The van der Waals surface area contributed by atoms with Crippen molar-refractivity contribution in [3.05, 3.63) is 140 Å². The molecular formula is C37H42F2N2O8Si. The molecule has 2 heterocycles. The van der Waals surface area contributed by atoms with Gasteiger partial charge in [0.2, 0.25) is 0 Å². The summed E-state index contributed by atoms with van der Waals surface area (Å²) in [6.07, 6.45) is -5.06. The highest BCUT2D eigenvalue weighted by Gasteiger charge is 2.47. The van der Waals surface area contributed by atoms with Gasteiger partial charge in [-0.05, 0) is 47.0 Å². The molecule has 0 spiro atoms. The van der Waals surface area contributed by atoms with Crippen LogP contribution in [-0.2, 0) is 24.5 Å². The molecule has 3 atom stereocenters. The van der Waals surface area contributed by atoms with Gasteiger partial charge in [0.15, 0.2) is 6.23 Å². The summed E-state index contributed by atoms with van der Waals surface area (Å²) in [5.74, 6) is 1.27. The van der Waals surface area contributed by atoms with Crippen LogP contribution >= 0.6 is 0 Å². The van der Waals surface area contributed by atoms with E-state index in [-0.39, 0.29) is 13.4 Å². The van der Waals surface area contributed by atoms with Gasteiger partial charge in [-0.3, -0.25) is 14.3 Å². The van der Waals surface area contributed by atoms with Crippen molar-refractivity contribution in [3.8, 4) is 11.5 Å². The molecule has 1 N–H and O–H groups in total. The number of ether oxygens (including phenoxy) is 6. The third kappa shape index (κ3) is 8.30. The molecule has 1 aliphatic heterocycles. The van der Waals surface area contributed by atoms with Gasteiger partial charge in [0.05, 0.1) is 26.4 Å². The molecule has 5 rings (SSSR count). The van der Waals surface area contributed by atoms with Crippen LogP contribution < -0.4 is 20.7 Å². The highest BCUT2D eigenvalue weighted by Crippen LogP contribution is 2.44. The zero-order valence-electron chi connectivity index (χ0n) is 28.7. The highest BCUT2D eigenvalue weighted by molar-refractivity contribution is 6.76. The quantitative estimate of drug-likeness (QED) is 0.0663. The van der Waals surface area contributed by atoms with Gasteiger partial charge in [0, 0.05) is 26.9 Å². The summed E-state index contributed by atoms with van der Waals surface area (Å²) < 4.78 is 66.4. The molecule has 0 bridgehead atoms. The number of hydrogen-bond acceptors (Lipinski definition) is 8. The van der Waals surface area contributed by atoms with Crippen LogP contribution in [0.25, 0.3) is 0 Å². The molecule has 0 saturated carbocycles. The van der Waals surface area contributed by atoms with Crippen molar-refractivity contribution < 1.29 is 37.2 Å². The largest absolute Gasteiger partial charge is 0.497 e. The number of halogens is 2. The lowest BCUT2D eigenvalue weighted by molar-refractivity contribution is -0.133. The maximum Gasteiger partial charge on any atom is 0.330 e. The molecule has 1 aromatic heterocycles. The molecule has 3 aromatic carbocycles. The fraction of sp³-hybridized carbons (Fsp3) is 0.351. The first-order valence-corrected chi connectivity index (χ1v) is 19.9. The number of rotatable bonds is 15. The molecule has 0 aliphatic carbocycles. The summed E-state index contributed by atoms with van der Waals surface area (Å²) in [4.78, 5) is 26.8. The normalized spacial score (nSPS) is 17.9. The fourth-order valence-corrected chi connectivity index (χ4v) is 6.60. The van der Waals surface area contributed by atoms with Crippen molar-refractivity contribution in [3.63, 3.8) is 0 Å². The van der Waals surface area contributed by atoms with Gasteiger partial charge in [-0.1, -0.05) is 74.2 Å². The predicted molar refractivity (Wildman–Crippen MR) is 187 cm³/mol. The molecule has 4 aromatic rings. The minimum Gasteiger partial charge on any atom is -0.497 e. The van der Waals surface area contributed by atoms with Crippen LogP contribution in [0.5, 0.6) is 11.5 Å². The SMILES string of the molecule is COc1ccc(C(OC[C@H]2O[C@@H](n3ccc(=O)[nH]c3=O)C(=C(F)F)[C@@H]2OCOCC[Si](C)(C)C)(c2ccccc2)c2ccc(OC)cc2)cc1. The first-order valence-electron chi connectivity index (χ1n) is 16.2. The second-order valence-electron chi connectivity index (χ2n) is 13.0. The van der Waals surface area contributed by atoms with E-state index in [1.165, 1.54) is 0 Å². The van der Waals surface area contributed by atoms with Gasteiger partial charge in [0.25, 0.3) is 11.6 Å². The van der Waals surface area contributed by atoms with Gasteiger partial charge in [-0.25, -0.2) is 4.79 Å². The van der Waals surface area contributed by atoms with Crippen LogP contribution in [0.3, 0.4) is 0 Å². The average molecular weight is 709 g/mol. The molecular weight excluding hydrogens is 666 g/mol. The molecule has 1 aliphatic rings. The van der Waals surface area contributed by atoms with Gasteiger partial charge in [0.1, 0.15) is 36.1 Å². The summed E-state index contributed by atoms with van der Waals surface area (Å²) in [5.41, 5.74) is -1.25. The van der Waals surface area contributed by atoms with Gasteiger partial charge in [-0.2, -0.15) is 8.78 Å². The van der Waals surface area contributed by atoms with Crippen molar-refractivity contribution >= 4 is 8.07 Å². The Balaban J connectivity index is 1.58. The summed E-state index contributed by atoms with van der Waals surface area (Å²) in [6.45, 7) is 6.44. The lowest BCUT2D eigenvalue weighted by atomic mass is 9.80. The summed E-state index contributed by atoms with van der Waals surface area (Å²) in [5, 5.41) is 0. The minimum atomic E-state index is -2.08. The van der Waals surface area contributed by atoms with E-state index in [1.54, 1.807) is 14.2 Å². The highest BCUT2D eigenvalue weighted by atomic mass is 28.3. The summed E-state index contributed by atoms with van der Waals surface area (Å²) in [7, 11) is 1.72. The van der Waals surface area contributed by atoms with Gasteiger partial charge >= 0.3 is 5.69 Å². The number of aromatic amines is 1. The van der Waals surface area contributed by atoms with Crippen LogP contribution in [0.4, 0.5) is 8.78 Å². The van der Waals surface area contributed by atoms with E-state index in [4.69, 9.17) is 28.4 Å². The fourth-order valence-electron chi connectivity index (χ4n) is 5.84. The number of aromatic nitrogens is 2. The Morgan fingerprint density at radius 2 is 1.44 bits per heavy atom. The lowest BCUT2D eigenvalue weighted by Gasteiger charge is -2.37. The molecule has 13 heteroatoms. The number of nitrogens with zero attached hydrogens (tertiary/aromatic N) is 1. The van der Waals surface area contributed by atoms with Gasteiger partial charge < -0.3 is 28.4 Å². The zero-order valence-corrected chi connectivity index (χ0v) is 29.7. The van der Waals surface area contributed by atoms with Gasteiger partial charge in [-0.15, -0.1) is 0 Å². The Kier molecular flexibility index (Phi) is 11.9. The smallest absolute Gasteiger partial charge is 0.330 e.